The summed E-state index contributed by atoms with van der Waals surface area (Å²) >= 11 is 0. The van der Waals surface area contributed by atoms with E-state index in [1.165, 1.54) is 19.3 Å². The van der Waals surface area contributed by atoms with Gasteiger partial charge in [-0.2, -0.15) is 0 Å². The summed E-state index contributed by atoms with van der Waals surface area (Å²) in [7, 11) is 0. The zero-order chi connectivity index (χ0) is 13.8. The number of hydrogen-bond acceptors (Lipinski definition) is 3. The van der Waals surface area contributed by atoms with Crippen LogP contribution in [0, 0.1) is 11.8 Å². The highest BCUT2D eigenvalue weighted by atomic mass is 16.5. The number of nitrogens with one attached hydrogen (secondary N) is 1. The minimum absolute atomic E-state index is 0.0288. The minimum atomic E-state index is -0.254. The van der Waals surface area contributed by atoms with Gasteiger partial charge in [-0.25, -0.2) is 4.79 Å². The standard InChI is InChI=1S/C15H23NO3/c1-3-19-15(18)14-10(2)16-13(17)9-12(14)11-7-5-4-6-8-11/h11-12H,3-9H2,1-2H3,(H,16,17). The molecule has 0 aromatic heterocycles. The van der Waals surface area contributed by atoms with Crippen molar-refractivity contribution in [1.29, 1.82) is 0 Å². The van der Waals surface area contributed by atoms with Gasteiger partial charge in [-0.05, 0) is 32.6 Å². The average Bonchev–Trinajstić information content (AvgIpc) is 2.39. The van der Waals surface area contributed by atoms with Crippen molar-refractivity contribution in [3.8, 4) is 0 Å². The molecule has 1 fully saturated rings. The van der Waals surface area contributed by atoms with E-state index in [0.717, 1.165) is 12.8 Å². The molecule has 1 unspecified atom stereocenters. The fourth-order valence-electron chi connectivity index (χ4n) is 3.36. The van der Waals surface area contributed by atoms with Gasteiger partial charge in [0.05, 0.1) is 12.2 Å². The Balaban J connectivity index is 2.23. The second-order valence-corrected chi connectivity index (χ2v) is 5.52. The quantitative estimate of drug-likeness (QED) is 0.798. The van der Waals surface area contributed by atoms with Crippen LogP contribution in [0.2, 0.25) is 0 Å². The predicted octanol–water partition coefficient (Wildman–Crippen LogP) is 2.54. The average molecular weight is 265 g/mol. The molecule has 1 amide bonds. The van der Waals surface area contributed by atoms with Crippen molar-refractivity contribution in [2.75, 3.05) is 6.61 Å². The normalized spacial score (nSPS) is 25.2. The highest BCUT2D eigenvalue weighted by Crippen LogP contribution is 2.38. The molecule has 1 heterocycles. The van der Waals surface area contributed by atoms with Crippen LogP contribution in [0.15, 0.2) is 11.3 Å². The molecule has 0 aromatic rings. The molecular formula is C15H23NO3. The van der Waals surface area contributed by atoms with Gasteiger partial charge >= 0.3 is 5.97 Å². The molecule has 0 saturated heterocycles. The van der Waals surface area contributed by atoms with E-state index in [0.29, 0.717) is 30.2 Å². The van der Waals surface area contributed by atoms with Gasteiger partial charge in [0.25, 0.3) is 0 Å². The van der Waals surface area contributed by atoms with E-state index in [1.807, 2.05) is 6.92 Å². The molecule has 1 N–H and O–H groups in total. The Kier molecular flexibility index (Phi) is 4.61. The molecular weight excluding hydrogens is 242 g/mol. The monoisotopic (exact) mass is 265 g/mol. The van der Waals surface area contributed by atoms with Crippen molar-refractivity contribution in [1.82, 2.24) is 5.32 Å². The van der Waals surface area contributed by atoms with Crippen molar-refractivity contribution in [2.45, 2.75) is 52.4 Å². The molecule has 4 heteroatoms. The van der Waals surface area contributed by atoms with Crippen molar-refractivity contribution in [2.24, 2.45) is 11.8 Å². The summed E-state index contributed by atoms with van der Waals surface area (Å²) < 4.78 is 5.16. The number of hydrogen-bond donors (Lipinski definition) is 1. The van der Waals surface area contributed by atoms with E-state index in [1.54, 1.807) is 6.92 Å². The molecule has 19 heavy (non-hydrogen) atoms. The van der Waals surface area contributed by atoms with Gasteiger partial charge in [-0.15, -0.1) is 0 Å². The van der Waals surface area contributed by atoms with Gasteiger partial charge in [0.1, 0.15) is 0 Å². The Hall–Kier alpha value is -1.32. The van der Waals surface area contributed by atoms with E-state index in [9.17, 15) is 9.59 Å². The molecule has 0 spiro atoms. The first-order valence-electron chi connectivity index (χ1n) is 7.31. The Morgan fingerprint density at radius 2 is 2.00 bits per heavy atom. The zero-order valence-corrected chi connectivity index (χ0v) is 11.8. The van der Waals surface area contributed by atoms with Gasteiger partial charge in [0.15, 0.2) is 0 Å². The maximum atomic E-state index is 12.1. The largest absolute Gasteiger partial charge is 0.463 e. The van der Waals surface area contributed by atoms with Crippen LogP contribution in [-0.2, 0) is 14.3 Å². The predicted molar refractivity (Wildman–Crippen MR) is 72.2 cm³/mol. The highest BCUT2D eigenvalue weighted by molar-refractivity contribution is 5.94. The zero-order valence-electron chi connectivity index (χ0n) is 11.8. The van der Waals surface area contributed by atoms with E-state index in [4.69, 9.17) is 4.74 Å². The second kappa shape index (κ2) is 6.22. The lowest BCUT2D eigenvalue weighted by Crippen LogP contribution is -2.38. The third-order valence-corrected chi connectivity index (χ3v) is 4.22. The minimum Gasteiger partial charge on any atom is -0.463 e. The third kappa shape index (κ3) is 3.17. The van der Waals surface area contributed by atoms with Crippen LogP contribution in [-0.4, -0.2) is 18.5 Å². The van der Waals surface area contributed by atoms with Crippen molar-refractivity contribution in [3.05, 3.63) is 11.3 Å². The lowest BCUT2D eigenvalue weighted by Gasteiger charge is -2.34. The first-order valence-corrected chi connectivity index (χ1v) is 7.31. The second-order valence-electron chi connectivity index (χ2n) is 5.52. The van der Waals surface area contributed by atoms with E-state index in [2.05, 4.69) is 5.32 Å². The lowest BCUT2D eigenvalue weighted by molar-refractivity contribution is -0.140. The van der Waals surface area contributed by atoms with Crippen molar-refractivity contribution in [3.63, 3.8) is 0 Å². The number of ether oxygens (including phenoxy) is 1. The van der Waals surface area contributed by atoms with Gasteiger partial charge in [-0.1, -0.05) is 19.3 Å². The van der Waals surface area contributed by atoms with Crippen LogP contribution in [0.5, 0.6) is 0 Å². The number of allylic oxidation sites excluding steroid dienone is 1. The molecule has 1 aliphatic carbocycles. The van der Waals surface area contributed by atoms with Crippen LogP contribution < -0.4 is 5.32 Å². The first-order chi connectivity index (χ1) is 9.13. The van der Waals surface area contributed by atoms with Crippen molar-refractivity contribution < 1.29 is 14.3 Å². The number of amides is 1. The van der Waals surface area contributed by atoms with Crippen LogP contribution in [0.4, 0.5) is 0 Å². The Morgan fingerprint density at radius 1 is 1.32 bits per heavy atom. The fraction of sp³-hybridized carbons (Fsp3) is 0.733. The van der Waals surface area contributed by atoms with E-state index >= 15 is 0 Å². The fourth-order valence-corrected chi connectivity index (χ4v) is 3.36. The van der Waals surface area contributed by atoms with Gasteiger partial charge in [-0.3, -0.25) is 4.79 Å². The maximum absolute atomic E-state index is 12.1. The maximum Gasteiger partial charge on any atom is 0.336 e. The van der Waals surface area contributed by atoms with Crippen LogP contribution in [0.25, 0.3) is 0 Å². The molecule has 2 rings (SSSR count). The highest BCUT2D eigenvalue weighted by Gasteiger charge is 2.36. The molecule has 0 bridgehead atoms. The summed E-state index contributed by atoms with van der Waals surface area (Å²) in [6.07, 6.45) is 6.35. The molecule has 1 saturated carbocycles. The van der Waals surface area contributed by atoms with Crippen LogP contribution in [0.3, 0.4) is 0 Å². The van der Waals surface area contributed by atoms with E-state index < -0.39 is 0 Å². The van der Waals surface area contributed by atoms with Crippen molar-refractivity contribution >= 4 is 11.9 Å². The summed E-state index contributed by atoms with van der Waals surface area (Å²) in [5.74, 6) is 0.277. The number of rotatable bonds is 3. The number of carbonyl (C=O) groups is 2. The molecule has 0 aromatic carbocycles. The molecule has 1 atom stereocenters. The number of esters is 1. The Labute approximate surface area is 114 Å². The molecule has 106 valence electrons. The van der Waals surface area contributed by atoms with Crippen LogP contribution in [0.1, 0.15) is 52.4 Å². The SMILES string of the molecule is CCOC(=O)C1=C(C)NC(=O)CC1C1CCCCC1. The summed E-state index contributed by atoms with van der Waals surface area (Å²) in [5, 5.41) is 2.78. The van der Waals surface area contributed by atoms with Crippen LogP contribution >= 0.6 is 0 Å². The van der Waals surface area contributed by atoms with Gasteiger partial charge in [0, 0.05) is 18.0 Å². The smallest absolute Gasteiger partial charge is 0.336 e. The molecule has 0 radical (unpaired) electrons. The third-order valence-electron chi connectivity index (χ3n) is 4.22. The molecule has 2 aliphatic rings. The van der Waals surface area contributed by atoms with E-state index in [-0.39, 0.29) is 17.8 Å². The summed E-state index contributed by atoms with van der Waals surface area (Å²) in [6.45, 7) is 3.99. The van der Waals surface area contributed by atoms with Gasteiger partial charge in [0.2, 0.25) is 5.91 Å². The summed E-state index contributed by atoms with van der Waals surface area (Å²) in [5.41, 5.74) is 1.39. The number of carbonyl (C=O) groups excluding carboxylic acids is 2. The Bertz CT molecular complexity index is 394. The first kappa shape index (κ1) is 14.1. The summed E-state index contributed by atoms with van der Waals surface area (Å²) in [6, 6.07) is 0. The molecule has 1 aliphatic heterocycles. The lowest BCUT2D eigenvalue weighted by atomic mass is 9.73. The van der Waals surface area contributed by atoms with Gasteiger partial charge < -0.3 is 10.1 Å². The summed E-state index contributed by atoms with van der Waals surface area (Å²) in [4.78, 5) is 23.9. The topological polar surface area (TPSA) is 55.4 Å². The molecule has 4 nitrogen and oxygen atoms in total. The Morgan fingerprint density at radius 3 is 2.63 bits per heavy atom.